The van der Waals surface area contributed by atoms with E-state index in [9.17, 15) is 9.90 Å². The van der Waals surface area contributed by atoms with Crippen molar-refractivity contribution in [3.8, 4) is 17.6 Å². The van der Waals surface area contributed by atoms with Crippen molar-refractivity contribution in [2.75, 3.05) is 11.9 Å². The van der Waals surface area contributed by atoms with E-state index in [4.69, 9.17) is 5.73 Å². The molecule has 1 aromatic carbocycles. The van der Waals surface area contributed by atoms with Gasteiger partial charge in [0.15, 0.2) is 0 Å². The van der Waals surface area contributed by atoms with Gasteiger partial charge in [-0.25, -0.2) is 4.98 Å². The molecule has 0 spiro atoms. The number of carbonyl (C=O) groups is 1. The Bertz CT molecular complexity index is 687. The number of aromatic nitrogens is 1. The van der Waals surface area contributed by atoms with Crippen LogP contribution in [0.5, 0.6) is 5.75 Å². The molecule has 5 heteroatoms. The number of nitrogens with two attached hydrogens (primary N) is 1. The van der Waals surface area contributed by atoms with Gasteiger partial charge in [0.2, 0.25) is 0 Å². The third-order valence-corrected chi connectivity index (χ3v) is 2.42. The van der Waals surface area contributed by atoms with Crippen molar-refractivity contribution in [2.24, 2.45) is 5.73 Å². The monoisotopic (exact) mass is 267 g/mol. The number of nitrogens with zero attached hydrogens (tertiary/aromatic N) is 1. The molecule has 5 nitrogen and oxygen atoms in total. The van der Waals surface area contributed by atoms with Crippen molar-refractivity contribution in [1.29, 1.82) is 0 Å². The van der Waals surface area contributed by atoms with Gasteiger partial charge < -0.3 is 16.2 Å². The molecule has 0 radical (unpaired) electrons. The number of benzene rings is 1. The fraction of sp³-hybridized carbons (Fsp3) is 0.0667. The molecule has 100 valence electrons. The molecule has 0 saturated heterocycles. The lowest BCUT2D eigenvalue weighted by Gasteiger charge is -2.05. The smallest absolute Gasteiger partial charge is 0.256 e. The van der Waals surface area contributed by atoms with Gasteiger partial charge in [0.25, 0.3) is 5.91 Å². The minimum absolute atomic E-state index is 0.0353. The minimum atomic E-state index is -0.350. The average Bonchev–Trinajstić information content (AvgIpc) is 2.45. The summed E-state index contributed by atoms with van der Waals surface area (Å²) in [5, 5.41) is 12.0. The quantitative estimate of drug-likeness (QED) is 0.717. The molecular weight excluding hydrogens is 254 g/mol. The predicted octanol–water partition coefficient (Wildman–Crippen LogP) is 1.35. The van der Waals surface area contributed by atoms with Gasteiger partial charge >= 0.3 is 0 Å². The van der Waals surface area contributed by atoms with Crippen molar-refractivity contribution in [3.05, 3.63) is 53.7 Å². The number of rotatable bonds is 2. The van der Waals surface area contributed by atoms with E-state index in [-0.39, 0.29) is 18.2 Å². The molecule has 1 aromatic heterocycles. The summed E-state index contributed by atoms with van der Waals surface area (Å²) in [6, 6.07) is 11.2. The summed E-state index contributed by atoms with van der Waals surface area (Å²) in [5.74, 6) is 5.56. The molecule has 0 saturated carbocycles. The lowest BCUT2D eigenvalue weighted by Crippen LogP contribution is -2.13. The normalized spacial score (nSPS) is 9.45. The summed E-state index contributed by atoms with van der Waals surface area (Å²) in [7, 11) is 0. The number of phenols is 1. The van der Waals surface area contributed by atoms with Crippen molar-refractivity contribution in [1.82, 2.24) is 4.98 Å². The third kappa shape index (κ3) is 3.57. The Morgan fingerprint density at radius 1 is 1.30 bits per heavy atom. The Labute approximate surface area is 116 Å². The highest BCUT2D eigenvalue weighted by atomic mass is 16.3. The SMILES string of the molecule is NCC#Cc1cccc(NC(=O)c2cccc(O)c2)n1. The number of nitrogens with one attached hydrogen (secondary N) is 1. The third-order valence-electron chi connectivity index (χ3n) is 2.42. The number of anilines is 1. The molecule has 0 bridgehead atoms. The fourth-order valence-electron chi connectivity index (χ4n) is 1.55. The summed E-state index contributed by atoms with van der Waals surface area (Å²) in [5.41, 5.74) is 6.17. The number of pyridine rings is 1. The van der Waals surface area contributed by atoms with E-state index >= 15 is 0 Å². The Kier molecular flexibility index (Phi) is 4.32. The first-order chi connectivity index (χ1) is 9.69. The van der Waals surface area contributed by atoms with E-state index < -0.39 is 0 Å². The molecule has 0 aliphatic rings. The lowest BCUT2D eigenvalue weighted by molar-refractivity contribution is 0.102. The van der Waals surface area contributed by atoms with Crippen LogP contribution in [0, 0.1) is 11.8 Å². The number of aromatic hydroxyl groups is 1. The van der Waals surface area contributed by atoms with Crippen molar-refractivity contribution >= 4 is 11.7 Å². The zero-order chi connectivity index (χ0) is 14.4. The molecule has 1 heterocycles. The maximum Gasteiger partial charge on any atom is 0.256 e. The number of amides is 1. The molecule has 0 aliphatic heterocycles. The van der Waals surface area contributed by atoms with Crippen LogP contribution < -0.4 is 11.1 Å². The van der Waals surface area contributed by atoms with Crippen LogP contribution in [0.4, 0.5) is 5.82 Å². The number of phenolic OH excluding ortho intramolecular Hbond substituents is 1. The number of hydrogen-bond donors (Lipinski definition) is 3. The van der Waals surface area contributed by atoms with Gasteiger partial charge in [-0.15, -0.1) is 0 Å². The van der Waals surface area contributed by atoms with Gasteiger partial charge in [-0.2, -0.15) is 0 Å². The second-order valence-corrected chi connectivity index (χ2v) is 3.92. The van der Waals surface area contributed by atoms with Crippen LogP contribution in [0.15, 0.2) is 42.5 Å². The Hall–Kier alpha value is -2.84. The first kappa shape index (κ1) is 13.6. The molecular formula is C15H13N3O2. The molecule has 2 rings (SSSR count). The average molecular weight is 267 g/mol. The van der Waals surface area contributed by atoms with Gasteiger partial charge in [-0.05, 0) is 36.3 Å². The largest absolute Gasteiger partial charge is 0.508 e. The number of hydrogen-bond acceptors (Lipinski definition) is 4. The van der Waals surface area contributed by atoms with Gasteiger partial charge in [0.05, 0.1) is 6.54 Å². The van der Waals surface area contributed by atoms with E-state index in [1.807, 2.05) is 0 Å². The van der Waals surface area contributed by atoms with Gasteiger partial charge in [-0.3, -0.25) is 4.79 Å². The minimum Gasteiger partial charge on any atom is -0.508 e. The number of carbonyl (C=O) groups excluding carboxylic acids is 1. The fourth-order valence-corrected chi connectivity index (χ4v) is 1.55. The van der Waals surface area contributed by atoms with Crippen LogP contribution in [0.2, 0.25) is 0 Å². The topological polar surface area (TPSA) is 88.2 Å². The highest BCUT2D eigenvalue weighted by molar-refractivity contribution is 6.04. The highest BCUT2D eigenvalue weighted by Crippen LogP contribution is 2.13. The van der Waals surface area contributed by atoms with Crippen molar-refractivity contribution < 1.29 is 9.90 Å². The maximum atomic E-state index is 12.0. The lowest BCUT2D eigenvalue weighted by atomic mass is 10.2. The molecule has 0 aliphatic carbocycles. The van der Waals surface area contributed by atoms with E-state index in [0.29, 0.717) is 17.1 Å². The second-order valence-electron chi connectivity index (χ2n) is 3.92. The molecule has 4 N–H and O–H groups in total. The Morgan fingerprint density at radius 2 is 2.10 bits per heavy atom. The van der Waals surface area contributed by atoms with Crippen molar-refractivity contribution in [2.45, 2.75) is 0 Å². The molecule has 0 fully saturated rings. The van der Waals surface area contributed by atoms with E-state index in [0.717, 1.165) is 0 Å². The Morgan fingerprint density at radius 3 is 2.85 bits per heavy atom. The zero-order valence-electron chi connectivity index (χ0n) is 10.6. The van der Waals surface area contributed by atoms with Gasteiger partial charge in [-0.1, -0.05) is 18.1 Å². The van der Waals surface area contributed by atoms with E-state index in [2.05, 4.69) is 22.1 Å². The maximum absolute atomic E-state index is 12.0. The van der Waals surface area contributed by atoms with Crippen LogP contribution in [-0.4, -0.2) is 22.5 Å². The second kappa shape index (κ2) is 6.36. The van der Waals surface area contributed by atoms with E-state index in [1.165, 1.54) is 12.1 Å². The summed E-state index contributed by atoms with van der Waals surface area (Å²) < 4.78 is 0. The molecule has 20 heavy (non-hydrogen) atoms. The summed E-state index contributed by atoms with van der Waals surface area (Å²) in [6.45, 7) is 0.252. The van der Waals surface area contributed by atoms with Crippen molar-refractivity contribution in [3.63, 3.8) is 0 Å². The molecule has 1 amide bonds. The Balaban J connectivity index is 2.15. The zero-order valence-corrected chi connectivity index (χ0v) is 10.6. The molecule has 0 unspecified atom stereocenters. The standard InChI is InChI=1S/C15H13N3O2/c16-9-3-6-12-5-2-8-14(17-12)18-15(20)11-4-1-7-13(19)10-11/h1-2,4-5,7-8,10,19H,9,16H2,(H,17,18,20). The van der Waals surface area contributed by atoms with Crippen LogP contribution >= 0.6 is 0 Å². The van der Waals surface area contributed by atoms with E-state index in [1.54, 1.807) is 30.3 Å². The first-order valence-corrected chi connectivity index (χ1v) is 5.95. The van der Waals surface area contributed by atoms with Crippen LogP contribution in [0.3, 0.4) is 0 Å². The van der Waals surface area contributed by atoms with Gasteiger partial charge in [0, 0.05) is 5.56 Å². The first-order valence-electron chi connectivity index (χ1n) is 5.95. The molecule has 2 aromatic rings. The summed E-state index contributed by atoms with van der Waals surface area (Å²) >= 11 is 0. The summed E-state index contributed by atoms with van der Waals surface area (Å²) in [6.07, 6.45) is 0. The van der Waals surface area contributed by atoms with Crippen LogP contribution in [0.25, 0.3) is 0 Å². The summed E-state index contributed by atoms with van der Waals surface area (Å²) in [4.78, 5) is 16.1. The highest BCUT2D eigenvalue weighted by Gasteiger charge is 2.07. The predicted molar refractivity (Wildman–Crippen MR) is 76.2 cm³/mol. The van der Waals surface area contributed by atoms with Crippen LogP contribution in [-0.2, 0) is 0 Å². The van der Waals surface area contributed by atoms with Crippen LogP contribution in [0.1, 0.15) is 16.1 Å². The molecule has 0 atom stereocenters. The van der Waals surface area contributed by atoms with Gasteiger partial charge in [0.1, 0.15) is 17.3 Å².